The van der Waals surface area contributed by atoms with Gasteiger partial charge in [0, 0.05) is 18.5 Å². The highest BCUT2D eigenvalue weighted by molar-refractivity contribution is 5.56. The molecule has 0 unspecified atom stereocenters. The first-order chi connectivity index (χ1) is 8.86. The van der Waals surface area contributed by atoms with Gasteiger partial charge in [0.15, 0.2) is 5.82 Å². The van der Waals surface area contributed by atoms with E-state index in [1.165, 1.54) is 11.3 Å². The Kier molecular flexibility index (Phi) is 3.00. The van der Waals surface area contributed by atoms with Crippen LogP contribution < -0.4 is 5.32 Å². The van der Waals surface area contributed by atoms with E-state index in [0.29, 0.717) is 5.89 Å². The third-order valence-electron chi connectivity index (χ3n) is 3.31. The number of unbranched alkanes of at least 4 members (excludes halogenated alkanes) is 1. The minimum absolute atomic E-state index is 0.130. The van der Waals surface area contributed by atoms with Crippen LogP contribution in [-0.4, -0.2) is 10.1 Å². The molecule has 0 bridgehead atoms. The Balaban J connectivity index is 1.72. The Bertz CT molecular complexity index is 510. The molecule has 4 heteroatoms. The first kappa shape index (κ1) is 11.3. The van der Waals surface area contributed by atoms with Crippen molar-refractivity contribution >= 4 is 5.69 Å². The van der Waals surface area contributed by atoms with E-state index in [2.05, 4.69) is 40.6 Å². The van der Waals surface area contributed by atoms with E-state index in [4.69, 9.17) is 4.52 Å². The average molecular weight is 243 g/mol. The van der Waals surface area contributed by atoms with Crippen molar-refractivity contribution in [2.45, 2.75) is 38.6 Å². The molecule has 0 fully saturated rings. The molecule has 94 valence electrons. The molecule has 0 spiro atoms. The number of hydrogen-bond donors (Lipinski definition) is 1. The average Bonchev–Trinajstić information content (AvgIpc) is 3.02. The fraction of sp³-hybridized carbons (Fsp3) is 0.429. The highest BCUT2D eigenvalue weighted by atomic mass is 16.5. The third-order valence-corrected chi connectivity index (χ3v) is 3.31. The molecule has 1 N–H and O–H groups in total. The first-order valence-electron chi connectivity index (χ1n) is 6.53. The predicted molar refractivity (Wildman–Crippen MR) is 69.4 cm³/mol. The molecule has 2 aromatic rings. The summed E-state index contributed by atoms with van der Waals surface area (Å²) in [5.41, 5.74) is 2.49. The third kappa shape index (κ3) is 2.10. The van der Waals surface area contributed by atoms with Gasteiger partial charge in [-0.25, -0.2) is 0 Å². The number of anilines is 1. The molecule has 0 saturated carbocycles. The molecule has 1 atom stereocenters. The van der Waals surface area contributed by atoms with Crippen molar-refractivity contribution in [1.82, 2.24) is 10.1 Å². The first-order valence-corrected chi connectivity index (χ1v) is 6.53. The van der Waals surface area contributed by atoms with Crippen LogP contribution in [-0.2, 0) is 12.8 Å². The van der Waals surface area contributed by atoms with Crippen LogP contribution in [0.5, 0.6) is 0 Å². The van der Waals surface area contributed by atoms with Gasteiger partial charge < -0.3 is 9.84 Å². The minimum atomic E-state index is 0.130. The second-order valence-corrected chi connectivity index (χ2v) is 4.71. The molecule has 0 amide bonds. The molecular formula is C14H17N3O. The van der Waals surface area contributed by atoms with E-state index in [0.717, 1.165) is 31.5 Å². The highest BCUT2D eigenvalue weighted by Crippen LogP contribution is 2.32. The van der Waals surface area contributed by atoms with Gasteiger partial charge >= 0.3 is 0 Å². The summed E-state index contributed by atoms with van der Waals surface area (Å²) in [7, 11) is 0. The van der Waals surface area contributed by atoms with Crippen LogP contribution in [0.1, 0.15) is 43.1 Å². The maximum Gasteiger partial charge on any atom is 0.249 e. The van der Waals surface area contributed by atoms with Crippen molar-refractivity contribution in [1.29, 1.82) is 0 Å². The van der Waals surface area contributed by atoms with E-state index in [1.807, 2.05) is 6.07 Å². The van der Waals surface area contributed by atoms with Gasteiger partial charge in [-0.05, 0) is 18.1 Å². The zero-order valence-electron chi connectivity index (χ0n) is 10.5. The SMILES string of the molecule is CCCCc1noc([C@@H]2Cc3ccccc3N2)n1. The molecule has 1 aliphatic rings. The van der Waals surface area contributed by atoms with Gasteiger partial charge in [0.1, 0.15) is 6.04 Å². The molecule has 4 nitrogen and oxygen atoms in total. The quantitative estimate of drug-likeness (QED) is 0.896. The van der Waals surface area contributed by atoms with Crippen molar-refractivity contribution in [2.75, 3.05) is 5.32 Å². The zero-order valence-corrected chi connectivity index (χ0v) is 10.5. The summed E-state index contributed by atoms with van der Waals surface area (Å²) < 4.78 is 5.35. The van der Waals surface area contributed by atoms with Gasteiger partial charge in [-0.15, -0.1) is 0 Å². The summed E-state index contributed by atoms with van der Waals surface area (Å²) >= 11 is 0. The van der Waals surface area contributed by atoms with Crippen molar-refractivity contribution in [3.63, 3.8) is 0 Å². The van der Waals surface area contributed by atoms with Crippen LogP contribution in [0.15, 0.2) is 28.8 Å². The lowest BCUT2D eigenvalue weighted by molar-refractivity contribution is 0.359. The van der Waals surface area contributed by atoms with E-state index >= 15 is 0 Å². The second kappa shape index (κ2) is 4.80. The fourth-order valence-electron chi connectivity index (χ4n) is 2.29. The van der Waals surface area contributed by atoms with E-state index < -0.39 is 0 Å². The Morgan fingerprint density at radius 1 is 1.39 bits per heavy atom. The number of hydrogen-bond acceptors (Lipinski definition) is 4. The topological polar surface area (TPSA) is 51.0 Å². The highest BCUT2D eigenvalue weighted by Gasteiger charge is 2.26. The Morgan fingerprint density at radius 3 is 3.11 bits per heavy atom. The van der Waals surface area contributed by atoms with Gasteiger partial charge in [0.05, 0.1) is 0 Å². The smallest absolute Gasteiger partial charge is 0.249 e. The predicted octanol–water partition coefficient (Wildman–Crippen LogP) is 3.12. The molecule has 0 saturated heterocycles. The molecule has 0 radical (unpaired) electrons. The summed E-state index contributed by atoms with van der Waals surface area (Å²) in [5, 5.41) is 7.46. The number of fused-ring (bicyclic) bond motifs is 1. The van der Waals surface area contributed by atoms with Gasteiger partial charge in [-0.3, -0.25) is 0 Å². The van der Waals surface area contributed by atoms with Crippen molar-refractivity contribution in [2.24, 2.45) is 0 Å². The van der Waals surface area contributed by atoms with Gasteiger partial charge in [-0.2, -0.15) is 4.98 Å². The van der Waals surface area contributed by atoms with Crippen LogP contribution >= 0.6 is 0 Å². The van der Waals surface area contributed by atoms with Gasteiger partial charge in [-0.1, -0.05) is 36.7 Å². The largest absolute Gasteiger partial charge is 0.373 e. The van der Waals surface area contributed by atoms with Gasteiger partial charge in [0.25, 0.3) is 0 Å². The van der Waals surface area contributed by atoms with Crippen LogP contribution in [0.2, 0.25) is 0 Å². The molecular weight excluding hydrogens is 226 g/mol. The number of nitrogens with one attached hydrogen (secondary N) is 1. The summed E-state index contributed by atoms with van der Waals surface area (Å²) in [4.78, 5) is 4.47. The molecule has 18 heavy (non-hydrogen) atoms. The standard InChI is InChI=1S/C14H17N3O/c1-2-3-8-13-16-14(18-17-13)12-9-10-6-4-5-7-11(10)15-12/h4-7,12,15H,2-3,8-9H2,1H3/t12-/m0/s1. The van der Waals surface area contributed by atoms with Crippen LogP contribution in [0.3, 0.4) is 0 Å². The number of para-hydroxylation sites is 1. The number of aromatic nitrogens is 2. The van der Waals surface area contributed by atoms with Crippen LogP contribution in [0.4, 0.5) is 5.69 Å². The Labute approximate surface area is 106 Å². The summed E-state index contributed by atoms with van der Waals surface area (Å²) in [6.07, 6.45) is 4.08. The lowest BCUT2D eigenvalue weighted by atomic mass is 10.1. The molecule has 1 aromatic carbocycles. The molecule has 1 aliphatic heterocycles. The Hall–Kier alpha value is -1.84. The summed E-state index contributed by atoms with van der Waals surface area (Å²) in [6, 6.07) is 8.45. The Morgan fingerprint density at radius 2 is 2.28 bits per heavy atom. The maximum atomic E-state index is 5.35. The minimum Gasteiger partial charge on any atom is -0.373 e. The molecule has 1 aromatic heterocycles. The number of benzene rings is 1. The van der Waals surface area contributed by atoms with Crippen LogP contribution in [0.25, 0.3) is 0 Å². The van der Waals surface area contributed by atoms with Crippen molar-refractivity contribution in [3.8, 4) is 0 Å². The zero-order chi connectivity index (χ0) is 12.4. The molecule has 0 aliphatic carbocycles. The van der Waals surface area contributed by atoms with Crippen molar-refractivity contribution in [3.05, 3.63) is 41.5 Å². The number of aryl methyl sites for hydroxylation is 1. The maximum absolute atomic E-state index is 5.35. The normalized spacial score (nSPS) is 17.5. The summed E-state index contributed by atoms with van der Waals surface area (Å²) in [6.45, 7) is 2.16. The second-order valence-electron chi connectivity index (χ2n) is 4.71. The molecule has 3 rings (SSSR count). The fourth-order valence-corrected chi connectivity index (χ4v) is 2.29. The van der Waals surface area contributed by atoms with E-state index in [1.54, 1.807) is 0 Å². The van der Waals surface area contributed by atoms with Crippen molar-refractivity contribution < 1.29 is 4.52 Å². The number of rotatable bonds is 4. The van der Waals surface area contributed by atoms with E-state index in [9.17, 15) is 0 Å². The lowest BCUT2D eigenvalue weighted by Crippen LogP contribution is -2.06. The van der Waals surface area contributed by atoms with E-state index in [-0.39, 0.29) is 6.04 Å². The number of nitrogens with zero attached hydrogens (tertiary/aromatic N) is 2. The summed E-state index contributed by atoms with van der Waals surface area (Å²) in [5.74, 6) is 1.53. The molecule has 2 heterocycles. The lowest BCUT2D eigenvalue weighted by Gasteiger charge is -2.04. The van der Waals surface area contributed by atoms with Gasteiger partial charge in [0.2, 0.25) is 5.89 Å². The monoisotopic (exact) mass is 243 g/mol. The van der Waals surface area contributed by atoms with Crippen LogP contribution in [0, 0.1) is 0 Å².